The average molecular weight is 235 g/mol. The molecule has 0 aromatic heterocycles. The molecule has 0 aliphatic heterocycles. The molecule has 0 unspecified atom stereocenters. The van der Waals surface area contributed by atoms with Gasteiger partial charge >= 0.3 is 0 Å². The number of nitrogens with one attached hydrogen (secondary N) is 1. The Balaban J connectivity index is 2.28. The minimum absolute atomic E-state index is 0.133. The van der Waals surface area contributed by atoms with Crippen LogP contribution >= 0.6 is 0 Å². The van der Waals surface area contributed by atoms with E-state index in [1.807, 2.05) is 38.1 Å². The molecular weight excluding hydrogens is 214 g/mol. The maximum atomic E-state index is 11.4. The summed E-state index contributed by atoms with van der Waals surface area (Å²) >= 11 is 0. The van der Waals surface area contributed by atoms with Crippen LogP contribution < -0.4 is 10.1 Å². The van der Waals surface area contributed by atoms with E-state index in [2.05, 4.69) is 5.32 Å². The van der Waals surface area contributed by atoms with Gasteiger partial charge in [0.1, 0.15) is 5.75 Å². The van der Waals surface area contributed by atoms with Gasteiger partial charge in [-0.05, 0) is 44.4 Å². The highest BCUT2D eigenvalue weighted by atomic mass is 16.5. The molecule has 1 aromatic rings. The van der Waals surface area contributed by atoms with Gasteiger partial charge in [0.25, 0.3) is 0 Å². The predicted molar refractivity (Wildman–Crippen MR) is 69.2 cm³/mol. The number of aryl methyl sites for hydroxylation is 1. The van der Waals surface area contributed by atoms with Crippen molar-refractivity contribution in [1.82, 2.24) is 5.32 Å². The van der Waals surface area contributed by atoms with Crippen LogP contribution in [-0.2, 0) is 11.2 Å². The lowest BCUT2D eigenvalue weighted by molar-refractivity contribution is -0.121. The van der Waals surface area contributed by atoms with Gasteiger partial charge in [-0.15, -0.1) is 0 Å². The molecule has 94 valence electrons. The molecule has 1 rings (SSSR count). The minimum Gasteiger partial charge on any atom is -0.497 e. The van der Waals surface area contributed by atoms with Crippen molar-refractivity contribution in [1.29, 1.82) is 0 Å². The number of hydrogen-bond donors (Lipinski definition) is 1. The zero-order valence-electron chi connectivity index (χ0n) is 10.8. The molecule has 0 atom stereocenters. The first kappa shape index (κ1) is 13.6. The van der Waals surface area contributed by atoms with E-state index in [0.717, 1.165) is 18.6 Å². The number of hydrogen-bond acceptors (Lipinski definition) is 2. The van der Waals surface area contributed by atoms with Crippen LogP contribution in [0.3, 0.4) is 0 Å². The summed E-state index contributed by atoms with van der Waals surface area (Å²) in [6, 6.07) is 8.20. The highest BCUT2D eigenvalue weighted by Crippen LogP contribution is 2.13. The van der Waals surface area contributed by atoms with Crippen LogP contribution in [0.5, 0.6) is 5.75 Å². The SMILES string of the molecule is COc1ccc(CCCC(=O)NC(C)C)cc1. The van der Waals surface area contributed by atoms with E-state index in [4.69, 9.17) is 4.74 Å². The molecule has 1 amide bonds. The van der Waals surface area contributed by atoms with Crippen molar-refractivity contribution < 1.29 is 9.53 Å². The summed E-state index contributed by atoms with van der Waals surface area (Å²) in [5.41, 5.74) is 1.24. The summed E-state index contributed by atoms with van der Waals surface area (Å²) in [5.74, 6) is 1.000. The Morgan fingerprint density at radius 2 is 1.94 bits per heavy atom. The van der Waals surface area contributed by atoms with Crippen molar-refractivity contribution in [2.75, 3.05) is 7.11 Å². The van der Waals surface area contributed by atoms with Crippen LogP contribution in [0.4, 0.5) is 0 Å². The Morgan fingerprint density at radius 3 is 2.47 bits per heavy atom. The lowest BCUT2D eigenvalue weighted by Gasteiger charge is -2.08. The van der Waals surface area contributed by atoms with Crippen LogP contribution in [-0.4, -0.2) is 19.1 Å². The highest BCUT2D eigenvalue weighted by Gasteiger charge is 2.03. The Hall–Kier alpha value is -1.51. The summed E-state index contributed by atoms with van der Waals surface area (Å²) in [4.78, 5) is 11.4. The van der Waals surface area contributed by atoms with Gasteiger partial charge in [0.05, 0.1) is 7.11 Å². The zero-order valence-corrected chi connectivity index (χ0v) is 10.8. The third-order valence-electron chi connectivity index (χ3n) is 2.48. The maximum Gasteiger partial charge on any atom is 0.220 e. The first-order valence-electron chi connectivity index (χ1n) is 6.04. The second kappa shape index (κ2) is 6.94. The molecule has 0 saturated carbocycles. The highest BCUT2D eigenvalue weighted by molar-refractivity contribution is 5.76. The van der Waals surface area contributed by atoms with Crippen molar-refractivity contribution in [3.63, 3.8) is 0 Å². The van der Waals surface area contributed by atoms with Gasteiger partial charge in [0.2, 0.25) is 5.91 Å². The molecule has 0 bridgehead atoms. The van der Waals surface area contributed by atoms with Crippen LogP contribution in [0.25, 0.3) is 0 Å². The Bertz CT molecular complexity index is 344. The van der Waals surface area contributed by atoms with Gasteiger partial charge in [-0.1, -0.05) is 12.1 Å². The second-order valence-electron chi connectivity index (χ2n) is 4.42. The van der Waals surface area contributed by atoms with Crippen LogP contribution in [0.1, 0.15) is 32.3 Å². The number of ether oxygens (including phenoxy) is 1. The number of carbonyl (C=O) groups is 1. The summed E-state index contributed by atoms with van der Waals surface area (Å²) in [5, 5.41) is 2.89. The van der Waals surface area contributed by atoms with Gasteiger partial charge in [-0.25, -0.2) is 0 Å². The van der Waals surface area contributed by atoms with Crippen molar-refractivity contribution in [3.8, 4) is 5.75 Å². The molecule has 0 radical (unpaired) electrons. The monoisotopic (exact) mass is 235 g/mol. The van der Waals surface area contributed by atoms with Crippen LogP contribution in [0, 0.1) is 0 Å². The molecule has 0 heterocycles. The average Bonchev–Trinajstić information content (AvgIpc) is 2.29. The fraction of sp³-hybridized carbons (Fsp3) is 0.500. The lowest BCUT2D eigenvalue weighted by atomic mass is 10.1. The van der Waals surface area contributed by atoms with Crippen molar-refractivity contribution >= 4 is 5.91 Å². The number of benzene rings is 1. The minimum atomic E-state index is 0.133. The summed E-state index contributed by atoms with van der Waals surface area (Å²) in [7, 11) is 1.66. The fourth-order valence-electron chi connectivity index (χ4n) is 1.64. The molecule has 0 aliphatic carbocycles. The van der Waals surface area contributed by atoms with Gasteiger partial charge in [-0.2, -0.15) is 0 Å². The number of amides is 1. The summed E-state index contributed by atoms with van der Waals surface area (Å²) in [6.07, 6.45) is 2.39. The molecule has 3 heteroatoms. The molecule has 0 fully saturated rings. The van der Waals surface area contributed by atoms with E-state index in [-0.39, 0.29) is 11.9 Å². The second-order valence-corrected chi connectivity index (χ2v) is 4.42. The summed E-state index contributed by atoms with van der Waals surface area (Å²) in [6.45, 7) is 3.95. The number of methoxy groups -OCH3 is 1. The molecule has 1 N–H and O–H groups in total. The Labute approximate surface area is 103 Å². The number of rotatable bonds is 6. The molecule has 0 spiro atoms. The topological polar surface area (TPSA) is 38.3 Å². The first-order chi connectivity index (χ1) is 8.11. The molecule has 3 nitrogen and oxygen atoms in total. The van der Waals surface area contributed by atoms with E-state index in [0.29, 0.717) is 6.42 Å². The van der Waals surface area contributed by atoms with E-state index < -0.39 is 0 Å². The molecular formula is C14H21NO2. The van der Waals surface area contributed by atoms with E-state index >= 15 is 0 Å². The predicted octanol–water partition coefficient (Wildman–Crippen LogP) is 2.54. The van der Waals surface area contributed by atoms with E-state index in [1.54, 1.807) is 7.11 Å². The van der Waals surface area contributed by atoms with E-state index in [9.17, 15) is 4.79 Å². The van der Waals surface area contributed by atoms with Crippen LogP contribution in [0.15, 0.2) is 24.3 Å². The number of carbonyl (C=O) groups excluding carboxylic acids is 1. The molecule has 0 saturated heterocycles. The van der Waals surface area contributed by atoms with Gasteiger partial charge in [0, 0.05) is 12.5 Å². The first-order valence-corrected chi connectivity index (χ1v) is 6.04. The Morgan fingerprint density at radius 1 is 1.29 bits per heavy atom. The molecule has 17 heavy (non-hydrogen) atoms. The maximum absolute atomic E-state index is 11.4. The Kier molecular flexibility index (Phi) is 5.53. The standard InChI is InChI=1S/C14H21NO2/c1-11(2)15-14(16)6-4-5-12-7-9-13(17-3)10-8-12/h7-11H,4-6H2,1-3H3,(H,15,16). The van der Waals surface area contributed by atoms with Gasteiger partial charge in [0.15, 0.2) is 0 Å². The molecule has 0 aliphatic rings. The third kappa shape index (κ3) is 5.38. The smallest absolute Gasteiger partial charge is 0.220 e. The largest absolute Gasteiger partial charge is 0.497 e. The van der Waals surface area contributed by atoms with Gasteiger partial charge < -0.3 is 10.1 Å². The fourth-order valence-corrected chi connectivity index (χ4v) is 1.64. The van der Waals surface area contributed by atoms with Crippen LogP contribution in [0.2, 0.25) is 0 Å². The lowest BCUT2D eigenvalue weighted by Crippen LogP contribution is -2.29. The van der Waals surface area contributed by atoms with Gasteiger partial charge in [-0.3, -0.25) is 4.79 Å². The van der Waals surface area contributed by atoms with Crippen molar-refractivity contribution in [3.05, 3.63) is 29.8 Å². The quantitative estimate of drug-likeness (QED) is 0.823. The molecule has 1 aromatic carbocycles. The third-order valence-corrected chi connectivity index (χ3v) is 2.48. The normalized spacial score (nSPS) is 10.4. The zero-order chi connectivity index (χ0) is 12.7. The van der Waals surface area contributed by atoms with E-state index in [1.165, 1.54) is 5.56 Å². The summed E-state index contributed by atoms with van der Waals surface area (Å²) < 4.78 is 5.09. The van der Waals surface area contributed by atoms with Crippen molar-refractivity contribution in [2.24, 2.45) is 0 Å². The van der Waals surface area contributed by atoms with Crippen molar-refractivity contribution in [2.45, 2.75) is 39.2 Å².